The topological polar surface area (TPSA) is 21.3 Å². The molecule has 1 fully saturated rings. The van der Waals surface area contributed by atoms with Crippen molar-refractivity contribution in [3.05, 3.63) is 12.2 Å². The zero-order valence-corrected chi connectivity index (χ0v) is 5.34. The van der Waals surface area contributed by atoms with Crippen LogP contribution in [0.4, 0.5) is 0 Å². The Hall–Kier alpha value is -0.340. The first-order chi connectivity index (χ1) is 4.45. The number of hydroxylamine groups is 1. The Morgan fingerprint density at radius 1 is 1.33 bits per heavy atom. The molecule has 1 saturated heterocycles. The summed E-state index contributed by atoms with van der Waals surface area (Å²) in [6.07, 6.45) is 8.42. The lowest BCUT2D eigenvalue weighted by atomic mass is 10.2. The Labute approximate surface area is 54.8 Å². The van der Waals surface area contributed by atoms with Crippen LogP contribution in [0.15, 0.2) is 12.2 Å². The summed E-state index contributed by atoms with van der Waals surface area (Å²) < 4.78 is 0. The van der Waals surface area contributed by atoms with Crippen LogP contribution in [0.2, 0.25) is 0 Å². The van der Waals surface area contributed by atoms with Gasteiger partial charge in [0.1, 0.15) is 0 Å². The van der Waals surface area contributed by atoms with Gasteiger partial charge < -0.3 is 0 Å². The summed E-state index contributed by atoms with van der Waals surface area (Å²) >= 11 is 0. The first-order valence-corrected chi connectivity index (χ1v) is 3.54. The zero-order valence-electron chi connectivity index (χ0n) is 5.34. The van der Waals surface area contributed by atoms with Gasteiger partial charge in [0, 0.05) is 0 Å². The van der Waals surface area contributed by atoms with Crippen LogP contribution >= 0.6 is 0 Å². The van der Waals surface area contributed by atoms with Gasteiger partial charge in [0.05, 0.1) is 12.1 Å². The van der Waals surface area contributed by atoms with E-state index in [2.05, 4.69) is 17.6 Å². The fraction of sp³-hybridized carbons (Fsp3) is 0.714. The molecule has 0 saturated carbocycles. The number of hydrogen-bond donors (Lipinski definition) is 1. The Morgan fingerprint density at radius 2 is 2.33 bits per heavy atom. The molecule has 1 aliphatic carbocycles. The molecular weight excluding hydrogens is 114 g/mol. The van der Waals surface area contributed by atoms with Gasteiger partial charge in [0.25, 0.3) is 0 Å². The third-order valence-electron chi connectivity index (χ3n) is 1.93. The van der Waals surface area contributed by atoms with E-state index in [1.807, 2.05) is 0 Å². The van der Waals surface area contributed by atoms with Gasteiger partial charge in [-0.15, -0.1) is 0 Å². The van der Waals surface area contributed by atoms with Gasteiger partial charge in [0.15, 0.2) is 0 Å². The first-order valence-electron chi connectivity index (χ1n) is 3.54. The quantitative estimate of drug-likeness (QED) is 0.488. The molecule has 3 rings (SSSR count). The maximum Gasteiger partial charge on any atom is 0.0972 e. The first kappa shape index (κ1) is 5.45. The lowest BCUT2D eigenvalue weighted by molar-refractivity contribution is -0.0118. The fourth-order valence-electron chi connectivity index (χ4n) is 1.36. The minimum Gasteiger partial charge on any atom is -0.294 e. The highest BCUT2D eigenvalue weighted by atomic mass is 16.7. The number of fused-ring (bicyclic) bond motifs is 3. The van der Waals surface area contributed by atoms with Gasteiger partial charge in [-0.2, -0.15) is 5.48 Å². The maximum absolute atomic E-state index is 5.27. The van der Waals surface area contributed by atoms with Crippen molar-refractivity contribution < 1.29 is 4.84 Å². The second-order valence-electron chi connectivity index (χ2n) is 2.70. The van der Waals surface area contributed by atoms with Gasteiger partial charge in [-0.1, -0.05) is 12.2 Å². The van der Waals surface area contributed by atoms with Crippen LogP contribution in [0.5, 0.6) is 0 Å². The van der Waals surface area contributed by atoms with E-state index < -0.39 is 0 Å². The number of hydrogen-bond acceptors (Lipinski definition) is 2. The van der Waals surface area contributed by atoms with E-state index in [-0.39, 0.29) is 0 Å². The molecule has 9 heavy (non-hydrogen) atoms. The summed E-state index contributed by atoms with van der Waals surface area (Å²) in [6, 6.07) is 0.490. The minimum absolute atomic E-state index is 0.351. The van der Waals surface area contributed by atoms with Crippen molar-refractivity contribution in [1.29, 1.82) is 0 Å². The second-order valence-corrected chi connectivity index (χ2v) is 2.70. The molecule has 3 aliphatic rings. The van der Waals surface area contributed by atoms with E-state index in [4.69, 9.17) is 4.84 Å². The molecule has 0 aromatic heterocycles. The molecular formula is C7H11NO. The van der Waals surface area contributed by atoms with E-state index in [1.165, 1.54) is 19.3 Å². The molecule has 0 aromatic carbocycles. The molecule has 2 heteroatoms. The van der Waals surface area contributed by atoms with Gasteiger partial charge in [0.2, 0.25) is 0 Å². The van der Waals surface area contributed by atoms with Crippen LogP contribution in [0.1, 0.15) is 19.3 Å². The molecule has 50 valence electrons. The van der Waals surface area contributed by atoms with Crippen molar-refractivity contribution in [3.63, 3.8) is 0 Å². The third-order valence-corrected chi connectivity index (χ3v) is 1.93. The Kier molecular flexibility index (Phi) is 1.28. The lowest BCUT2D eigenvalue weighted by Crippen LogP contribution is -2.32. The minimum atomic E-state index is 0.351. The molecule has 0 aromatic rings. The van der Waals surface area contributed by atoms with Crippen LogP contribution in [-0.2, 0) is 4.84 Å². The standard InChI is InChI=1S/C7H11NO/c1-2-6-4-5-7(3-1)9-8-6/h4-8H,1-3H2. The highest BCUT2D eigenvalue weighted by Crippen LogP contribution is 2.18. The van der Waals surface area contributed by atoms with Crippen molar-refractivity contribution in [3.8, 4) is 0 Å². The predicted octanol–water partition coefficient (Wildman–Crippen LogP) is 0.998. The summed E-state index contributed by atoms with van der Waals surface area (Å²) in [7, 11) is 0. The van der Waals surface area contributed by atoms with Crippen LogP contribution in [0.3, 0.4) is 0 Å². The highest BCUT2D eigenvalue weighted by molar-refractivity contribution is 5.02. The summed E-state index contributed by atoms with van der Waals surface area (Å²) in [5.41, 5.74) is 2.99. The summed E-state index contributed by atoms with van der Waals surface area (Å²) in [5.74, 6) is 0. The van der Waals surface area contributed by atoms with Gasteiger partial charge in [-0.25, -0.2) is 0 Å². The van der Waals surface area contributed by atoms with E-state index in [1.54, 1.807) is 0 Å². The van der Waals surface area contributed by atoms with E-state index in [9.17, 15) is 0 Å². The molecule has 2 heterocycles. The third kappa shape index (κ3) is 1.00. The summed E-state index contributed by atoms with van der Waals surface area (Å²) in [5, 5.41) is 0. The smallest absolute Gasteiger partial charge is 0.0972 e. The van der Waals surface area contributed by atoms with Crippen LogP contribution in [-0.4, -0.2) is 12.1 Å². The maximum atomic E-state index is 5.27. The normalized spacial score (nSPS) is 40.9. The van der Waals surface area contributed by atoms with Crippen LogP contribution in [0, 0.1) is 0 Å². The predicted molar refractivity (Wildman–Crippen MR) is 34.8 cm³/mol. The SMILES string of the molecule is C1=CC2CCCC1NO2. The van der Waals surface area contributed by atoms with Crippen molar-refractivity contribution >= 4 is 0 Å². The second kappa shape index (κ2) is 2.12. The zero-order chi connectivity index (χ0) is 6.10. The number of rotatable bonds is 0. The van der Waals surface area contributed by atoms with E-state index in [0.717, 1.165) is 0 Å². The van der Waals surface area contributed by atoms with Crippen molar-refractivity contribution in [2.75, 3.05) is 0 Å². The monoisotopic (exact) mass is 125 g/mol. The van der Waals surface area contributed by atoms with E-state index in [0.29, 0.717) is 12.1 Å². The van der Waals surface area contributed by atoms with Gasteiger partial charge in [-0.05, 0) is 19.3 Å². The van der Waals surface area contributed by atoms with Gasteiger partial charge in [-0.3, -0.25) is 4.84 Å². The Bertz CT molecular complexity index is 115. The number of nitrogens with one attached hydrogen (secondary N) is 1. The molecule has 0 amide bonds. The van der Waals surface area contributed by atoms with Gasteiger partial charge >= 0.3 is 0 Å². The average Bonchev–Trinajstić information content (AvgIpc) is 2.21. The van der Waals surface area contributed by atoms with Crippen LogP contribution < -0.4 is 5.48 Å². The molecule has 0 spiro atoms. The Morgan fingerprint density at radius 3 is 3.11 bits per heavy atom. The molecule has 2 nitrogen and oxygen atoms in total. The fourth-order valence-corrected chi connectivity index (χ4v) is 1.36. The van der Waals surface area contributed by atoms with Crippen molar-refractivity contribution in [2.24, 2.45) is 0 Å². The molecule has 2 aliphatic heterocycles. The highest BCUT2D eigenvalue weighted by Gasteiger charge is 2.19. The molecule has 2 bridgehead atoms. The molecule has 0 radical (unpaired) electrons. The molecule has 1 N–H and O–H groups in total. The molecule has 2 unspecified atom stereocenters. The van der Waals surface area contributed by atoms with E-state index >= 15 is 0 Å². The molecule has 2 atom stereocenters. The summed E-state index contributed by atoms with van der Waals surface area (Å²) in [4.78, 5) is 5.27. The van der Waals surface area contributed by atoms with Crippen molar-refractivity contribution in [1.82, 2.24) is 5.48 Å². The average molecular weight is 125 g/mol. The largest absolute Gasteiger partial charge is 0.294 e. The van der Waals surface area contributed by atoms with Crippen LogP contribution in [0.25, 0.3) is 0 Å². The lowest BCUT2D eigenvalue weighted by Gasteiger charge is -2.18. The summed E-state index contributed by atoms with van der Waals surface area (Å²) in [6.45, 7) is 0. The van der Waals surface area contributed by atoms with Crippen molar-refractivity contribution in [2.45, 2.75) is 31.4 Å². The Balaban J connectivity index is 2.15.